The van der Waals surface area contributed by atoms with E-state index in [0.29, 0.717) is 13.0 Å². The third-order valence-corrected chi connectivity index (χ3v) is 7.39. The summed E-state index contributed by atoms with van der Waals surface area (Å²) in [7, 11) is 0. The average Bonchev–Trinajstić information content (AvgIpc) is 2.82. The number of hydrogen-bond acceptors (Lipinski definition) is 11. The summed E-state index contributed by atoms with van der Waals surface area (Å²) in [6.45, 7) is 9.50. The van der Waals surface area contributed by atoms with Crippen molar-refractivity contribution in [3.63, 3.8) is 0 Å². The lowest BCUT2D eigenvalue weighted by Gasteiger charge is -2.46. The van der Waals surface area contributed by atoms with E-state index in [1.165, 1.54) is 0 Å². The van der Waals surface area contributed by atoms with Crippen LogP contribution in [-0.4, -0.2) is 98.7 Å². The monoisotopic (exact) mass is 546 g/mol. The molecule has 2 rings (SSSR count). The first-order chi connectivity index (χ1) is 17.7. The number of aliphatic hydroxyl groups is 5. The maximum Gasteiger partial charge on any atom is 0.186 e. The maximum atomic E-state index is 13.1. The van der Waals surface area contributed by atoms with Crippen LogP contribution in [0.5, 0.6) is 0 Å². The summed E-state index contributed by atoms with van der Waals surface area (Å²) in [6, 6.07) is -0.987. The summed E-state index contributed by atoms with van der Waals surface area (Å²) in [5.41, 5.74) is 11.6. The van der Waals surface area contributed by atoms with Crippen LogP contribution in [0.15, 0.2) is 12.2 Å². The van der Waals surface area contributed by atoms with Crippen LogP contribution < -0.4 is 11.5 Å². The summed E-state index contributed by atoms with van der Waals surface area (Å²) in [4.78, 5) is 13.1. The van der Waals surface area contributed by atoms with E-state index in [1.807, 2.05) is 33.8 Å². The zero-order valence-electron chi connectivity index (χ0n) is 23.3. The van der Waals surface area contributed by atoms with Crippen LogP contribution in [0.4, 0.5) is 0 Å². The molecule has 0 aliphatic carbocycles. The molecule has 11 heteroatoms. The van der Waals surface area contributed by atoms with Gasteiger partial charge in [-0.3, -0.25) is 4.79 Å². The quantitative estimate of drug-likeness (QED) is 0.153. The van der Waals surface area contributed by atoms with Gasteiger partial charge in [0.2, 0.25) is 0 Å². The third-order valence-electron chi connectivity index (χ3n) is 7.39. The Labute approximate surface area is 226 Å². The topological polar surface area (TPSA) is 198 Å². The minimum absolute atomic E-state index is 0.0398. The van der Waals surface area contributed by atoms with Crippen LogP contribution in [0, 0.1) is 17.8 Å². The number of rotatable bonds is 13. The van der Waals surface area contributed by atoms with Crippen molar-refractivity contribution < 1.29 is 44.5 Å². The molecule has 2 aliphatic heterocycles. The third kappa shape index (κ3) is 9.02. The Morgan fingerprint density at radius 3 is 2.39 bits per heavy atom. The minimum Gasteiger partial charge on any atom is -0.393 e. The van der Waals surface area contributed by atoms with Gasteiger partial charge >= 0.3 is 0 Å². The van der Waals surface area contributed by atoms with Crippen LogP contribution in [-0.2, 0) is 19.0 Å². The Balaban J connectivity index is 2.35. The van der Waals surface area contributed by atoms with Crippen LogP contribution in [0.2, 0.25) is 0 Å². The molecule has 11 atom stereocenters. The molecule has 11 nitrogen and oxygen atoms in total. The fraction of sp³-hybridized carbons (Fsp3) is 0.889. The lowest BCUT2D eigenvalue weighted by atomic mass is 9.79. The summed E-state index contributed by atoms with van der Waals surface area (Å²) >= 11 is 0. The van der Waals surface area contributed by atoms with E-state index in [4.69, 9.17) is 25.7 Å². The van der Waals surface area contributed by atoms with Crippen LogP contribution in [0.1, 0.15) is 66.7 Å². The second-order valence-corrected chi connectivity index (χ2v) is 11.6. The number of allylic oxidation sites excluding steroid dienone is 1. The highest BCUT2D eigenvalue weighted by Crippen LogP contribution is 2.39. The first-order valence-electron chi connectivity index (χ1n) is 13.8. The zero-order chi connectivity index (χ0) is 28.8. The molecule has 6 unspecified atom stereocenters. The van der Waals surface area contributed by atoms with Gasteiger partial charge in [0, 0.05) is 25.7 Å². The smallest absolute Gasteiger partial charge is 0.186 e. The predicted octanol–water partition coefficient (Wildman–Crippen LogP) is -0.0626. The number of carbonyl (C=O) groups is 1. The van der Waals surface area contributed by atoms with Gasteiger partial charge in [0.05, 0.1) is 48.6 Å². The number of hydrogen-bond donors (Lipinski definition) is 7. The largest absolute Gasteiger partial charge is 0.393 e. The van der Waals surface area contributed by atoms with E-state index in [-0.39, 0.29) is 43.3 Å². The van der Waals surface area contributed by atoms with Gasteiger partial charge < -0.3 is 51.2 Å². The number of aliphatic hydroxyl groups excluding tert-OH is 4. The molecule has 2 aliphatic rings. The normalized spacial score (nSPS) is 38.2. The Morgan fingerprint density at radius 1 is 1.16 bits per heavy atom. The lowest BCUT2D eigenvalue weighted by Crippen LogP contribution is -2.61. The molecule has 0 aromatic carbocycles. The Kier molecular flexibility index (Phi) is 12.7. The number of Topliss-reactive ketones (excluding diaryl/α,β-unsaturated/α-hetero) is 1. The molecule has 0 amide bonds. The van der Waals surface area contributed by atoms with E-state index in [1.54, 1.807) is 13.0 Å². The molecule has 0 aromatic heterocycles. The molecule has 2 heterocycles. The molecule has 0 radical (unpaired) electrons. The first-order valence-corrected chi connectivity index (χ1v) is 13.8. The Hall–Kier alpha value is -0.990. The first kappa shape index (κ1) is 33.2. The van der Waals surface area contributed by atoms with Crippen LogP contribution in [0.3, 0.4) is 0 Å². The molecule has 0 bridgehead atoms. The summed E-state index contributed by atoms with van der Waals surface area (Å²) < 4.78 is 17.9. The van der Waals surface area contributed by atoms with Crippen molar-refractivity contribution in [3.05, 3.63) is 12.2 Å². The maximum absolute atomic E-state index is 13.1. The van der Waals surface area contributed by atoms with Crippen LogP contribution >= 0.6 is 0 Å². The molecule has 222 valence electrons. The highest BCUT2D eigenvalue weighted by Gasteiger charge is 2.50. The molecule has 0 aromatic rings. The Morgan fingerprint density at radius 2 is 1.82 bits per heavy atom. The fourth-order valence-corrected chi connectivity index (χ4v) is 4.97. The highest BCUT2D eigenvalue weighted by molar-refractivity contribution is 5.82. The standard InChI is InChI=1S/C27H50N2O9/c1-14(2)8-9-17(37-26-25(34)23(29)24(33)16(5)36-26)11-21-22(18(30)7-6-10-28)20(32)13-27(35,38-21)12-19(31)15(3)4/h8-9,14-17,19-26,31-35H,6-7,10-13,28-29H2,1-5H3/b9-8+/t16?,17-,19+,20-,21?,22+,23?,24?,25?,26?,27+/m0/s1. The van der Waals surface area contributed by atoms with Crippen molar-refractivity contribution in [1.82, 2.24) is 0 Å². The molecule has 0 saturated carbocycles. The van der Waals surface area contributed by atoms with Crippen molar-refractivity contribution in [2.75, 3.05) is 6.54 Å². The van der Waals surface area contributed by atoms with Gasteiger partial charge in [-0.25, -0.2) is 0 Å². The second kappa shape index (κ2) is 14.6. The predicted molar refractivity (Wildman–Crippen MR) is 140 cm³/mol. The van der Waals surface area contributed by atoms with Gasteiger partial charge in [-0.2, -0.15) is 0 Å². The Bertz CT molecular complexity index is 767. The lowest BCUT2D eigenvalue weighted by molar-refractivity contribution is -0.307. The number of nitrogens with two attached hydrogens (primary N) is 2. The van der Waals surface area contributed by atoms with Crippen molar-refractivity contribution in [1.29, 1.82) is 0 Å². The molecule has 0 spiro atoms. The second-order valence-electron chi connectivity index (χ2n) is 11.6. The molecule has 38 heavy (non-hydrogen) atoms. The summed E-state index contributed by atoms with van der Waals surface area (Å²) in [5.74, 6) is -3.04. The van der Waals surface area contributed by atoms with Crippen molar-refractivity contribution >= 4 is 5.78 Å². The van der Waals surface area contributed by atoms with E-state index in [9.17, 15) is 30.3 Å². The summed E-state index contributed by atoms with van der Waals surface area (Å²) in [6.07, 6.45) is -4.13. The number of ether oxygens (including phenoxy) is 3. The van der Waals surface area contributed by atoms with Gasteiger partial charge in [-0.1, -0.05) is 39.8 Å². The van der Waals surface area contributed by atoms with Gasteiger partial charge in [-0.15, -0.1) is 0 Å². The minimum atomic E-state index is -1.85. The molecule has 2 fully saturated rings. The van der Waals surface area contributed by atoms with Crippen LogP contribution in [0.25, 0.3) is 0 Å². The molecular weight excluding hydrogens is 496 g/mol. The van der Waals surface area contributed by atoms with E-state index >= 15 is 0 Å². The number of carbonyl (C=O) groups excluding carboxylic acids is 1. The SMILES string of the molecule is CC(C)/C=C/[C@@H](CC1O[C@](O)(C[C@@H](O)C(C)C)C[C@H](O)[C@H]1C(=O)CCCN)OC1OC(C)C(O)C(N)C1O. The molecular formula is C27H50N2O9. The average molecular weight is 547 g/mol. The fourth-order valence-electron chi connectivity index (χ4n) is 4.97. The van der Waals surface area contributed by atoms with E-state index in [0.717, 1.165) is 0 Å². The van der Waals surface area contributed by atoms with Gasteiger partial charge in [-0.05, 0) is 31.7 Å². The van der Waals surface area contributed by atoms with Crippen molar-refractivity contribution in [3.8, 4) is 0 Å². The van der Waals surface area contributed by atoms with E-state index < -0.39 is 66.8 Å². The molecule has 9 N–H and O–H groups in total. The number of ketones is 1. The van der Waals surface area contributed by atoms with Crippen molar-refractivity contribution in [2.45, 2.75) is 128 Å². The summed E-state index contributed by atoms with van der Waals surface area (Å²) in [5, 5.41) is 53.5. The van der Waals surface area contributed by atoms with Crippen molar-refractivity contribution in [2.24, 2.45) is 29.2 Å². The molecule has 2 saturated heterocycles. The van der Waals surface area contributed by atoms with Gasteiger partial charge in [0.15, 0.2) is 12.1 Å². The zero-order valence-corrected chi connectivity index (χ0v) is 23.3. The van der Waals surface area contributed by atoms with Gasteiger partial charge in [0.25, 0.3) is 0 Å². The van der Waals surface area contributed by atoms with E-state index in [2.05, 4.69) is 0 Å². The van der Waals surface area contributed by atoms with Gasteiger partial charge in [0.1, 0.15) is 11.9 Å². The highest BCUT2D eigenvalue weighted by atomic mass is 16.7.